The third kappa shape index (κ3) is 2.65. The first kappa shape index (κ1) is 21.4. The van der Waals surface area contributed by atoms with E-state index in [1.807, 2.05) is 0 Å². The summed E-state index contributed by atoms with van der Waals surface area (Å²) in [6, 6.07) is 16.8. The zero-order valence-corrected chi connectivity index (χ0v) is 21.3. The first-order chi connectivity index (χ1) is 17.4. The van der Waals surface area contributed by atoms with E-state index in [9.17, 15) is 19.2 Å². The van der Waals surface area contributed by atoms with Gasteiger partial charge in [-0.05, 0) is 56.1 Å². The van der Waals surface area contributed by atoms with Crippen LogP contribution >= 0.6 is 31.9 Å². The van der Waals surface area contributed by atoms with Crippen LogP contribution in [0.1, 0.15) is 0 Å². The van der Waals surface area contributed by atoms with Gasteiger partial charge in [-0.3, -0.25) is 19.2 Å². The minimum atomic E-state index is -0.277. The Morgan fingerprint density at radius 2 is 0.917 bits per heavy atom. The molecule has 7 aromatic rings. The van der Waals surface area contributed by atoms with Gasteiger partial charge in [0.15, 0.2) is 10.9 Å². The zero-order chi connectivity index (χ0) is 24.9. The molecule has 0 unspecified atom stereocenters. The van der Waals surface area contributed by atoms with Crippen molar-refractivity contribution in [1.29, 1.82) is 0 Å². The van der Waals surface area contributed by atoms with Crippen LogP contribution in [-0.4, -0.2) is 0 Å². The van der Waals surface area contributed by atoms with Crippen molar-refractivity contribution in [2.45, 2.75) is 0 Å². The maximum atomic E-state index is 13.6. The Kier molecular flexibility index (Phi) is 4.35. The number of hydrogen-bond acceptors (Lipinski definition) is 4. The maximum Gasteiger partial charge on any atom is 0.288 e. The van der Waals surface area contributed by atoms with Gasteiger partial charge in [0.1, 0.15) is 10.8 Å². The summed E-state index contributed by atoms with van der Waals surface area (Å²) in [4.78, 5) is 60.1. The van der Waals surface area contributed by atoms with E-state index in [1.165, 1.54) is 0 Å². The van der Waals surface area contributed by atoms with E-state index in [0.717, 1.165) is 0 Å². The van der Waals surface area contributed by atoms with Crippen molar-refractivity contribution < 1.29 is 9.97 Å². The fourth-order valence-corrected chi connectivity index (χ4v) is 6.04. The first-order valence-corrected chi connectivity index (χ1v) is 12.6. The molecule has 8 heteroatoms. The molecule has 36 heavy (non-hydrogen) atoms. The lowest BCUT2D eigenvalue weighted by Gasteiger charge is -2.04. The molecular formula is C28H12Br2N2O4+2. The Balaban J connectivity index is 1.70. The molecule has 0 fully saturated rings. The van der Waals surface area contributed by atoms with E-state index >= 15 is 0 Å². The second-order valence-corrected chi connectivity index (χ2v) is 10.4. The molecule has 7 rings (SSSR count). The van der Waals surface area contributed by atoms with Crippen LogP contribution in [0.25, 0.3) is 65.2 Å². The summed E-state index contributed by atoms with van der Waals surface area (Å²) >= 11 is 6.84. The van der Waals surface area contributed by atoms with Gasteiger partial charge in [0.05, 0.1) is 0 Å². The molecule has 0 radical (unpaired) electrons. The molecule has 0 saturated carbocycles. The van der Waals surface area contributed by atoms with Gasteiger partial charge in [0, 0.05) is 53.4 Å². The van der Waals surface area contributed by atoms with Crippen LogP contribution in [0.5, 0.6) is 0 Å². The standard InChI is InChI=1S/C28H10Br2N2O4/c29-16-8-5-13-19(22(16)30)27(35)15-7-10-18-24(21(15)28(13)36)32-17-9-6-14-20(23(17)31-18)26(34)12-4-2-1-3-11(12)25(14)33/h1-10H/p+2. The lowest BCUT2D eigenvalue weighted by molar-refractivity contribution is -0.359. The average Bonchev–Trinajstić information content (AvgIpc) is 2.89. The smallest absolute Gasteiger partial charge is 0.288 e. The lowest BCUT2D eigenvalue weighted by atomic mass is 9.99. The van der Waals surface area contributed by atoms with Crippen molar-refractivity contribution in [2.75, 3.05) is 0 Å². The summed E-state index contributed by atoms with van der Waals surface area (Å²) in [5.74, 6) is 0. The van der Waals surface area contributed by atoms with Crippen LogP contribution in [0.4, 0.5) is 0 Å². The second-order valence-electron chi connectivity index (χ2n) is 8.72. The van der Waals surface area contributed by atoms with Crippen molar-refractivity contribution in [3.8, 4) is 0 Å². The number of rotatable bonds is 0. The molecule has 1 aromatic heterocycles. The predicted octanol–water partition coefficient (Wildman–Crippen LogP) is 4.08. The Morgan fingerprint density at radius 3 is 1.53 bits per heavy atom. The van der Waals surface area contributed by atoms with Gasteiger partial charge in [-0.1, -0.05) is 24.3 Å². The van der Waals surface area contributed by atoms with Crippen molar-refractivity contribution in [3.63, 3.8) is 0 Å². The maximum absolute atomic E-state index is 13.6. The first-order valence-electron chi connectivity index (χ1n) is 11.0. The van der Waals surface area contributed by atoms with E-state index in [4.69, 9.17) is 0 Å². The molecule has 0 amide bonds. The summed E-state index contributed by atoms with van der Waals surface area (Å²) < 4.78 is 1.22. The highest BCUT2D eigenvalue weighted by Gasteiger charge is 2.26. The predicted molar refractivity (Wildman–Crippen MR) is 147 cm³/mol. The van der Waals surface area contributed by atoms with Crippen LogP contribution in [0.2, 0.25) is 0 Å². The molecule has 0 bridgehead atoms. The molecule has 6 nitrogen and oxygen atoms in total. The third-order valence-electron chi connectivity index (χ3n) is 6.86. The minimum absolute atomic E-state index is 0.213. The van der Waals surface area contributed by atoms with Gasteiger partial charge in [0.25, 0.3) is 22.1 Å². The van der Waals surface area contributed by atoms with Crippen LogP contribution < -0.4 is 31.7 Å². The molecule has 0 aliphatic heterocycles. The SMILES string of the molecule is O=c1c2ccccc2c(=O)c2c1ccc1[nH+]c3c(ccc4c(=O)c5c(Br)c(Br)ccc5c(=O)c43)[nH+]c12. The van der Waals surface area contributed by atoms with E-state index in [-0.39, 0.29) is 32.5 Å². The number of benzene rings is 6. The van der Waals surface area contributed by atoms with Crippen LogP contribution in [0, 0.1) is 0 Å². The average molecular weight is 600 g/mol. The fraction of sp³-hybridized carbons (Fsp3) is 0. The molecule has 0 aliphatic carbocycles. The van der Waals surface area contributed by atoms with Gasteiger partial charge in [0.2, 0.25) is 10.9 Å². The van der Waals surface area contributed by atoms with Crippen molar-refractivity contribution in [1.82, 2.24) is 0 Å². The number of aromatic amines is 2. The highest BCUT2D eigenvalue weighted by molar-refractivity contribution is 9.13. The molecule has 0 spiro atoms. The number of hydrogen-bond donors (Lipinski definition) is 0. The van der Waals surface area contributed by atoms with Crippen molar-refractivity contribution in [2.24, 2.45) is 0 Å². The molecular weight excluding hydrogens is 588 g/mol. The molecule has 2 N–H and O–H groups in total. The highest BCUT2D eigenvalue weighted by atomic mass is 79.9. The third-order valence-corrected chi connectivity index (χ3v) is 8.87. The molecule has 0 atom stereocenters. The van der Waals surface area contributed by atoms with Gasteiger partial charge < -0.3 is 0 Å². The van der Waals surface area contributed by atoms with Gasteiger partial charge in [-0.25, -0.2) is 0 Å². The van der Waals surface area contributed by atoms with Crippen LogP contribution in [0.3, 0.4) is 0 Å². The summed E-state index contributed by atoms with van der Waals surface area (Å²) in [7, 11) is 0. The quantitative estimate of drug-likeness (QED) is 0.194. The number of fused-ring (bicyclic) bond motifs is 8. The largest absolute Gasteiger partial charge is 0.289 e. The van der Waals surface area contributed by atoms with Crippen molar-refractivity contribution >= 4 is 97.0 Å². The number of halogens is 2. The normalized spacial score (nSPS) is 12.1. The molecule has 6 aromatic carbocycles. The van der Waals surface area contributed by atoms with Crippen LogP contribution in [0.15, 0.2) is 88.8 Å². The zero-order valence-electron chi connectivity index (χ0n) is 18.2. The molecule has 0 saturated heterocycles. The monoisotopic (exact) mass is 598 g/mol. The molecule has 1 heterocycles. The molecule has 170 valence electrons. The summed E-state index contributed by atoms with van der Waals surface area (Å²) in [5.41, 5.74) is 1.00. The van der Waals surface area contributed by atoms with E-state index in [1.54, 1.807) is 60.7 Å². The Labute approximate surface area is 216 Å². The van der Waals surface area contributed by atoms with E-state index in [2.05, 4.69) is 41.8 Å². The number of nitrogens with one attached hydrogen (secondary N) is 2. The van der Waals surface area contributed by atoms with E-state index in [0.29, 0.717) is 63.3 Å². The highest BCUT2D eigenvalue weighted by Crippen LogP contribution is 2.30. The van der Waals surface area contributed by atoms with Gasteiger partial charge in [-0.15, -0.1) is 0 Å². The van der Waals surface area contributed by atoms with Crippen molar-refractivity contribution in [3.05, 3.63) is 111 Å². The van der Waals surface area contributed by atoms with Gasteiger partial charge >= 0.3 is 0 Å². The minimum Gasteiger partial charge on any atom is -0.289 e. The topological polar surface area (TPSA) is 96.6 Å². The second kappa shape index (κ2) is 7.32. The molecule has 0 aliphatic rings. The van der Waals surface area contributed by atoms with E-state index < -0.39 is 0 Å². The number of aromatic nitrogens is 2. The summed E-state index contributed by atoms with van der Waals surface area (Å²) in [6.07, 6.45) is 0. The fourth-order valence-electron chi connectivity index (χ4n) is 5.18. The Morgan fingerprint density at radius 1 is 0.472 bits per heavy atom. The Bertz CT molecular complexity index is 2380. The summed E-state index contributed by atoms with van der Waals surface area (Å²) in [5, 5.41) is 2.54. The Hall–Kier alpha value is -3.88. The van der Waals surface area contributed by atoms with Gasteiger partial charge in [-0.2, -0.15) is 9.97 Å². The van der Waals surface area contributed by atoms with Crippen LogP contribution in [-0.2, 0) is 0 Å². The number of H-pyrrole nitrogens is 2. The summed E-state index contributed by atoms with van der Waals surface area (Å²) in [6.45, 7) is 0. The lowest BCUT2D eigenvalue weighted by Crippen LogP contribution is -2.24.